The van der Waals surface area contributed by atoms with Gasteiger partial charge in [0.1, 0.15) is 0 Å². The van der Waals surface area contributed by atoms with Crippen LogP contribution in [0.4, 0.5) is 11.4 Å². The van der Waals surface area contributed by atoms with Gasteiger partial charge in [0.15, 0.2) is 5.78 Å². The Kier molecular flexibility index (Phi) is 6.20. The van der Waals surface area contributed by atoms with Crippen LogP contribution in [0.2, 0.25) is 0 Å². The van der Waals surface area contributed by atoms with Crippen molar-refractivity contribution in [2.45, 2.75) is 6.10 Å². The minimum absolute atomic E-state index is 0.0275. The standard InChI is InChI=1S/C25H21N3O6/c1-26(14-18(29)15-27-24(31)19-9-5-6-10-20(19)25(27)32)22-12-11-17(28(33)34)13-21(22)23(30)16-7-3-2-4-8-16/h2-13,18,29H,14-15H2,1H3. The molecule has 0 bridgehead atoms. The molecule has 1 heterocycles. The van der Waals surface area contributed by atoms with Crippen LogP contribution in [-0.2, 0) is 0 Å². The van der Waals surface area contributed by atoms with E-state index in [1.807, 2.05) is 0 Å². The summed E-state index contributed by atoms with van der Waals surface area (Å²) in [6.07, 6.45) is -1.12. The molecule has 0 saturated heterocycles. The number of rotatable bonds is 8. The highest BCUT2D eigenvalue weighted by Crippen LogP contribution is 2.28. The van der Waals surface area contributed by atoms with Crippen LogP contribution < -0.4 is 4.90 Å². The number of aliphatic hydroxyl groups is 1. The van der Waals surface area contributed by atoms with E-state index in [0.717, 1.165) is 4.90 Å². The van der Waals surface area contributed by atoms with Gasteiger partial charge >= 0.3 is 0 Å². The third-order valence-corrected chi connectivity index (χ3v) is 5.64. The molecule has 0 aromatic heterocycles. The fourth-order valence-electron chi connectivity index (χ4n) is 3.99. The van der Waals surface area contributed by atoms with E-state index in [2.05, 4.69) is 0 Å². The van der Waals surface area contributed by atoms with Crippen LogP contribution in [0.1, 0.15) is 36.6 Å². The first-order valence-corrected chi connectivity index (χ1v) is 10.5. The number of anilines is 1. The summed E-state index contributed by atoms with van der Waals surface area (Å²) < 4.78 is 0. The van der Waals surface area contributed by atoms with Crippen molar-refractivity contribution in [2.75, 3.05) is 25.0 Å². The summed E-state index contributed by atoms with van der Waals surface area (Å²) >= 11 is 0. The number of carbonyl (C=O) groups is 3. The third kappa shape index (κ3) is 4.28. The Bertz CT molecular complexity index is 1260. The molecular weight excluding hydrogens is 438 g/mol. The molecule has 9 nitrogen and oxygen atoms in total. The number of aliphatic hydroxyl groups excluding tert-OH is 1. The zero-order valence-electron chi connectivity index (χ0n) is 18.2. The van der Waals surface area contributed by atoms with Crippen LogP contribution in [-0.4, -0.2) is 58.8 Å². The van der Waals surface area contributed by atoms with E-state index >= 15 is 0 Å². The van der Waals surface area contributed by atoms with Crippen LogP contribution in [0.3, 0.4) is 0 Å². The Labute approximate surface area is 195 Å². The van der Waals surface area contributed by atoms with E-state index in [-0.39, 0.29) is 24.3 Å². The van der Waals surface area contributed by atoms with Crippen molar-refractivity contribution in [1.82, 2.24) is 4.90 Å². The topological polar surface area (TPSA) is 121 Å². The molecule has 4 rings (SSSR count). The predicted molar refractivity (Wildman–Crippen MR) is 124 cm³/mol. The van der Waals surface area contributed by atoms with E-state index in [9.17, 15) is 29.6 Å². The van der Waals surface area contributed by atoms with Gasteiger partial charge in [-0.25, -0.2) is 0 Å². The number of hydrogen-bond donors (Lipinski definition) is 1. The average molecular weight is 459 g/mol. The van der Waals surface area contributed by atoms with Gasteiger partial charge in [0.05, 0.1) is 34.3 Å². The minimum Gasteiger partial charge on any atom is -0.389 e. The number of β-amino-alcohol motifs (C(OH)–C–C–N with tert-alkyl or cyclic N) is 1. The molecule has 1 aliphatic heterocycles. The number of hydrogen-bond acceptors (Lipinski definition) is 7. The van der Waals surface area contributed by atoms with Crippen molar-refractivity contribution >= 4 is 29.0 Å². The van der Waals surface area contributed by atoms with Gasteiger partial charge in [-0.05, 0) is 18.2 Å². The number of carbonyl (C=O) groups excluding carboxylic acids is 3. The number of nitro benzene ring substituents is 1. The van der Waals surface area contributed by atoms with Gasteiger partial charge in [-0.15, -0.1) is 0 Å². The highest BCUT2D eigenvalue weighted by atomic mass is 16.6. The average Bonchev–Trinajstić information content (AvgIpc) is 3.08. The van der Waals surface area contributed by atoms with Crippen LogP contribution in [0.15, 0.2) is 72.8 Å². The molecule has 0 fully saturated rings. The number of nitro groups is 1. The molecule has 1 atom stereocenters. The fourth-order valence-corrected chi connectivity index (χ4v) is 3.99. The number of imide groups is 1. The van der Waals surface area contributed by atoms with Gasteiger partial charge < -0.3 is 10.0 Å². The molecule has 1 aliphatic rings. The van der Waals surface area contributed by atoms with Crippen LogP contribution >= 0.6 is 0 Å². The van der Waals surface area contributed by atoms with E-state index in [1.54, 1.807) is 66.5 Å². The lowest BCUT2D eigenvalue weighted by Gasteiger charge is -2.26. The number of ketones is 1. The highest BCUT2D eigenvalue weighted by Gasteiger charge is 2.36. The Morgan fingerprint density at radius 3 is 2.18 bits per heavy atom. The molecule has 0 saturated carbocycles. The van der Waals surface area contributed by atoms with Crippen LogP contribution in [0, 0.1) is 10.1 Å². The lowest BCUT2D eigenvalue weighted by molar-refractivity contribution is -0.384. The largest absolute Gasteiger partial charge is 0.389 e. The van der Waals surface area contributed by atoms with Gasteiger partial charge in [0, 0.05) is 37.0 Å². The maximum atomic E-state index is 13.1. The number of nitrogens with zero attached hydrogens (tertiary/aromatic N) is 3. The van der Waals surface area contributed by atoms with Gasteiger partial charge in [0.2, 0.25) is 0 Å². The Hall–Kier alpha value is -4.37. The first-order valence-electron chi connectivity index (χ1n) is 10.5. The summed E-state index contributed by atoms with van der Waals surface area (Å²) in [6.45, 7) is -0.258. The lowest BCUT2D eigenvalue weighted by Crippen LogP contribution is -2.42. The van der Waals surface area contributed by atoms with E-state index in [4.69, 9.17) is 0 Å². The summed E-state index contributed by atoms with van der Waals surface area (Å²) in [5, 5.41) is 22.0. The molecule has 0 radical (unpaired) electrons. The predicted octanol–water partition coefficient (Wildman–Crippen LogP) is 2.92. The quantitative estimate of drug-likeness (QED) is 0.238. The lowest BCUT2D eigenvalue weighted by atomic mass is 10.00. The first kappa shape index (κ1) is 22.8. The molecule has 3 aromatic rings. The molecule has 0 spiro atoms. The van der Waals surface area contributed by atoms with E-state index in [0.29, 0.717) is 22.4 Å². The third-order valence-electron chi connectivity index (χ3n) is 5.64. The molecule has 0 aliphatic carbocycles. The van der Waals surface area contributed by atoms with Crippen molar-refractivity contribution in [3.05, 3.63) is 105 Å². The summed E-state index contributed by atoms with van der Waals surface area (Å²) in [6, 6.07) is 18.8. The molecule has 1 unspecified atom stereocenters. The smallest absolute Gasteiger partial charge is 0.270 e. The number of non-ortho nitro benzene ring substituents is 1. The molecule has 1 N–H and O–H groups in total. The van der Waals surface area contributed by atoms with Gasteiger partial charge in [-0.1, -0.05) is 42.5 Å². The second kappa shape index (κ2) is 9.24. The zero-order valence-corrected chi connectivity index (χ0v) is 18.2. The Morgan fingerprint density at radius 2 is 1.59 bits per heavy atom. The van der Waals surface area contributed by atoms with Crippen molar-refractivity contribution in [3.8, 4) is 0 Å². The van der Waals surface area contributed by atoms with Crippen LogP contribution in [0.5, 0.6) is 0 Å². The number of benzene rings is 3. The van der Waals surface area contributed by atoms with Gasteiger partial charge in [0.25, 0.3) is 17.5 Å². The second-order valence-corrected chi connectivity index (χ2v) is 7.95. The summed E-state index contributed by atoms with van der Waals surface area (Å²) in [5.74, 6) is -1.35. The van der Waals surface area contributed by atoms with Crippen LogP contribution in [0.25, 0.3) is 0 Å². The molecular formula is C25H21N3O6. The zero-order chi connectivity index (χ0) is 24.4. The van der Waals surface area contributed by atoms with Gasteiger partial charge in [-0.3, -0.25) is 29.4 Å². The van der Waals surface area contributed by atoms with E-state index in [1.165, 1.54) is 18.2 Å². The van der Waals surface area contributed by atoms with Crippen molar-refractivity contribution in [1.29, 1.82) is 0 Å². The fraction of sp³-hybridized carbons (Fsp3) is 0.160. The number of fused-ring (bicyclic) bond motifs is 1. The molecule has 172 valence electrons. The Balaban J connectivity index is 1.55. The van der Waals surface area contributed by atoms with Gasteiger partial charge in [-0.2, -0.15) is 0 Å². The maximum absolute atomic E-state index is 13.1. The van der Waals surface area contributed by atoms with E-state index < -0.39 is 28.6 Å². The summed E-state index contributed by atoms with van der Waals surface area (Å²) in [4.78, 5) is 51.5. The molecule has 3 aromatic carbocycles. The summed E-state index contributed by atoms with van der Waals surface area (Å²) in [5.41, 5.74) is 1.20. The maximum Gasteiger partial charge on any atom is 0.270 e. The van der Waals surface area contributed by atoms with Crippen molar-refractivity contribution < 1.29 is 24.4 Å². The number of amides is 2. The monoisotopic (exact) mass is 459 g/mol. The van der Waals surface area contributed by atoms with Crippen molar-refractivity contribution in [3.63, 3.8) is 0 Å². The minimum atomic E-state index is -1.12. The molecule has 9 heteroatoms. The Morgan fingerprint density at radius 1 is 1.00 bits per heavy atom. The summed E-state index contributed by atoms with van der Waals surface area (Å²) in [7, 11) is 1.62. The molecule has 34 heavy (non-hydrogen) atoms. The van der Waals surface area contributed by atoms with Crippen molar-refractivity contribution in [2.24, 2.45) is 0 Å². The molecule has 2 amide bonds. The normalized spacial score (nSPS) is 13.5. The SMILES string of the molecule is CN(CC(O)CN1C(=O)c2ccccc2C1=O)c1ccc([N+](=O)[O-])cc1C(=O)c1ccccc1. The highest BCUT2D eigenvalue weighted by molar-refractivity contribution is 6.21. The first-order chi connectivity index (χ1) is 16.3. The second-order valence-electron chi connectivity index (χ2n) is 7.95. The number of likely N-dealkylation sites (N-methyl/N-ethyl adjacent to an activating group) is 1.